The summed E-state index contributed by atoms with van der Waals surface area (Å²) in [7, 11) is 1.88. The largest absolute Gasteiger partial charge is 0.306 e. The molecular weight excluding hydrogens is 217 g/mol. The van der Waals surface area contributed by atoms with Crippen molar-refractivity contribution in [2.75, 3.05) is 0 Å². The van der Waals surface area contributed by atoms with Crippen LogP contribution in [0.3, 0.4) is 0 Å². The highest BCUT2D eigenvalue weighted by molar-refractivity contribution is 5.17. The molecule has 0 aliphatic rings. The van der Waals surface area contributed by atoms with Gasteiger partial charge in [-0.1, -0.05) is 18.2 Å². The van der Waals surface area contributed by atoms with Gasteiger partial charge in [0.05, 0.1) is 6.20 Å². The molecule has 4 heteroatoms. The lowest BCUT2D eigenvalue weighted by Gasteiger charge is -2.12. The number of hydrogen-bond donors (Lipinski definition) is 1. The number of aromatic nitrogens is 2. The van der Waals surface area contributed by atoms with E-state index in [2.05, 4.69) is 10.4 Å². The molecule has 1 heterocycles. The van der Waals surface area contributed by atoms with Crippen LogP contribution in [0.2, 0.25) is 0 Å². The zero-order chi connectivity index (χ0) is 12.3. The number of benzene rings is 1. The molecule has 2 aromatic rings. The van der Waals surface area contributed by atoms with Gasteiger partial charge in [0.1, 0.15) is 5.82 Å². The number of nitrogens with zero attached hydrogens (tertiary/aromatic N) is 2. The minimum atomic E-state index is -0.168. The Hall–Kier alpha value is -1.68. The molecule has 0 saturated heterocycles. The molecule has 1 N–H and O–H groups in total. The normalized spacial score (nSPS) is 12.6. The van der Waals surface area contributed by atoms with Crippen LogP contribution in [-0.4, -0.2) is 9.78 Å². The fourth-order valence-electron chi connectivity index (χ4n) is 1.69. The second-order valence-corrected chi connectivity index (χ2v) is 4.14. The second-order valence-electron chi connectivity index (χ2n) is 4.14. The summed E-state index contributed by atoms with van der Waals surface area (Å²) in [6.45, 7) is 2.56. The van der Waals surface area contributed by atoms with E-state index in [9.17, 15) is 4.39 Å². The molecule has 17 heavy (non-hydrogen) atoms. The van der Waals surface area contributed by atoms with Gasteiger partial charge in [-0.3, -0.25) is 4.68 Å². The van der Waals surface area contributed by atoms with Gasteiger partial charge in [0.2, 0.25) is 0 Å². The van der Waals surface area contributed by atoms with E-state index in [1.807, 2.05) is 32.4 Å². The van der Waals surface area contributed by atoms with Crippen molar-refractivity contribution < 1.29 is 4.39 Å². The lowest BCUT2D eigenvalue weighted by Crippen LogP contribution is -2.18. The second kappa shape index (κ2) is 5.10. The van der Waals surface area contributed by atoms with E-state index in [1.165, 1.54) is 6.07 Å². The third-order valence-electron chi connectivity index (χ3n) is 2.78. The molecule has 2 rings (SSSR count). The van der Waals surface area contributed by atoms with Gasteiger partial charge < -0.3 is 5.32 Å². The van der Waals surface area contributed by atoms with Gasteiger partial charge in [0.25, 0.3) is 0 Å². The van der Waals surface area contributed by atoms with Crippen molar-refractivity contribution in [3.05, 3.63) is 53.6 Å². The molecule has 0 amide bonds. The smallest absolute Gasteiger partial charge is 0.127 e. The number of aryl methyl sites for hydroxylation is 1. The fraction of sp³-hybridized carbons (Fsp3) is 0.308. The Morgan fingerprint density at radius 3 is 2.82 bits per heavy atom. The SMILES string of the molecule is CC(NCc1ccccc1F)c1cnn(C)c1. The molecule has 0 spiro atoms. The summed E-state index contributed by atoms with van der Waals surface area (Å²) in [5.41, 5.74) is 1.78. The average molecular weight is 233 g/mol. The molecule has 90 valence electrons. The Kier molecular flexibility index (Phi) is 3.54. The van der Waals surface area contributed by atoms with Crippen molar-refractivity contribution in [2.24, 2.45) is 7.05 Å². The minimum Gasteiger partial charge on any atom is -0.306 e. The summed E-state index contributed by atoms with van der Waals surface area (Å²) >= 11 is 0. The standard InChI is InChI=1S/C13H16FN3/c1-10(12-8-16-17(2)9-12)15-7-11-5-3-4-6-13(11)14/h3-6,8-10,15H,7H2,1-2H3. The zero-order valence-electron chi connectivity index (χ0n) is 10.0. The van der Waals surface area contributed by atoms with Crippen molar-refractivity contribution in [3.63, 3.8) is 0 Å². The summed E-state index contributed by atoms with van der Waals surface area (Å²) in [5, 5.41) is 7.39. The Morgan fingerprint density at radius 2 is 2.18 bits per heavy atom. The van der Waals surface area contributed by atoms with Crippen molar-refractivity contribution in [1.29, 1.82) is 0 Å². The van der Waals surface area contributed by atoms with Crippen molar-refractivity contribution in [1.82, 2.24) is 15.1 Å². The molecule has 0 saturated carbocycles. The van der Waals surface area contributed by atoms with Crippen molar-refractivity contribution in [2.45, 2.75) is 19.5 Å². The van der Waals surface area contributed by atoms with Gasteiger partial charge in [-0.15, -0.1) is 0 Å². The minimum absolute atomic E-state index is 0.156. The highest BCUT2D eigenvalue weighted by Crippen LogP contribution is 2.12. The Morgan fingerprint density at radius 1 is 1.41 bits per heavy atom. The summed E-state index contributed by atoms with van der Waals surface area (Å²) in [4.78, 5) is 0. The predicted molar refractivity (Wildman–Crippen MR) is 64.9 cm³/mol. The maximum Gasteiger partial charge on any atom is 0.127 e. The van der Waals surface area contributed by atoms with Crippen LogP contribution in [-0.2, 0) is 13.6 Å². The van der Waals surface area contributed by atoms with Gasteiger partial charge in [-0.2, -0.15) is 5.10 Å². The molecule has 0 radical (unpaired) electrons. The van der Waals surface area contributed by atoms with Crippen LogP contribution in [0.25, 0.3) is 0 Å². The third-order valence-corrected chi connectivity index (χ3v) is 2.78. The average Bonchev–Trinajstić information content (AvgIpc) is 2.74. The fourth-order valence-corrected chi connectivity index (χ4v) is 1.69. The van der Waals surface area contributed by atoms with E-state index >= 15 is 0 Å². The van der Waals surface area contributed by atoms with Crippen LogP contribution in [0.4, 0.5) is 4.39 Å². The van der Waals surface area contributed by atoms with E-state index < -0.39 is 0 Å². The lowest BCUT2D eigenvalue weighted by molar-refractivity contribution is 0.544. The van der Waals surface area contributed by atoms with Crippen molar-refractivity contribution >= 4 is 0 Å². The van der Waals surface area contributed by atoms with Gasteiger partial charge in [-0.05, 0) is 13.0 Å². The molecule has 0 bridgehead atoms. The van der Waals surface area contributed by atoms with Gasteiger partial charge in [0, 0.05) is 37.0 Å². The van der Waals surface area contributed by atoms with E-state index in [-0.39, 0.29) is 11.9 Å². The number of hydrogen-bond acceptors (Lipinski definition) is 2. The first-order chi connectivity index (χ1) is 8.16. The summed E-state index contributed by atoms with van der Waals surface area (Å²) < 4.78 is 15.2. The van der Waals surface area contributed by atoms with Crippen molar-refractivity contribution in [3.8, 4) is 0 Å². The topological polar surface area (TPSA) is 29.9 Å². The first-order valence-corrected chi connectivity index (χ1v) is 5.62. The monoisotopic (exact) mass is 233 g/mol. The Balaban J connectivity index is 1.97. The summed E-state index contributed by atoms with van der Waals surface area (Å²) in [6.07, 6.45) is 3.78. The maximum absolute atomic E-state index is 13.4. The van der Waals surface area contributed by atoms with Crippen LogP contribution in [0.15, 0.2) is 36.7 Å². The summed E-state index contributed by atoms with van der Waals surface area (Å²) in [5.74, 6) is -0.168. The van der Waals surface area contributed by atoms with Crippen LogP contribution >= 0.6 is 0 Å². The van der Waals surface area contributed by atoms with Crippen LogP contribution in [0, 0.1) is 5.82 Å². The quantitative estimate of drug-likeness (QED) is 0.878. The molecule has 0 aliphatic heterocycles. The van der Waals surface area contributed by atoms with Crippen LogP contribution in [0.1, 0.15) is 24.1 Å². The Labute approximate surface area is 100 Å². The molecule has 3 nitrogen and oxygen atoms in total. The number of halogens is 1. The maximum atomic E-state index is 13.4. The molecule has 1 atom stereocenters. The van der Waals surface area contributed by atoms with E-state index in [4.69, 9.17) is 0 Å². The predicted octanol–water partition coefficient (Wildman–Crippen LogP) is 2.41. The lowest BCUT2D eigenvalue weighted by atomic mass is 10.1. The molecular formula is C13H16FN3. The number of nitrogens with one attached hydrogen (secondary N) is 1. The zero-order valence-corrected chi connectivity index (χ0v) is 10.0. The highest BCUT2D eigenvalue weighted by Gasteiger charge is 2.08. The van der Waals surface area contributed by atoms with Crippen LogP contribution in [0.5, 0.6) is 0 Å². The van der Waals surface area contributed by atoms with Gasteiger partial charge in [-0.25, -0.2) is 4.39 Å². The van der Waals surface area contributed by atoms with E-state index in [0.29, 0.717) is 12.1 Å². The summed E-state index contributed by atoms with van der Waals surface area (Å²) in [6, 6.07) is 6.96. The molecule has 1 aromatic carbocycles. The van der Waals surface area contributed by atoms with Gasteiger partial charge >= 0.3 is 0 Å². The molecule has 0 aliphatic carbocycles. The van der Waals surface area contributed by atoms with Gasteiger partial charge in [0.15, 0.2) is 0 Å². The van der Waals surface area contributed by atoms with Crippen LogP contribution < -0.4 is 5.32 Å². The first-order valence-electron chi connectivity index (χ1n) is 5.62. The van der Waals surface area contributed by atoms with E-state index in [0.717, 1.165) is 5.56 Å². The van der Waals surface area contributed by atoms with E-state index in [1.54, 1.807) is 16.8 Å². The first kappa shape index (κ1) is 11.8. The highest BCUT2D eigenvalue weighted by atomic mass is 19.1. The number of rotatable bonds is 4. The third kappa shape index (κ3) is 2.91. The molecule has 0 fully saturated rings. The molecule has 1 unspecified atom stereocenters. The molecule has 1 aromatic heterocycles. The Bertz CT molecular complexity index is 493.